The zero-order valence-electron chi connectivity index (χ0n) is 14.7. The van der Waals surface area contributed by atoms with Gasteiger partial charge in [0, 0.05) is 37.6 Å². The lowest BCUT2D eigenvalue weighted by Crippen LogP contribution is -2.55. The van der Waals surface area contributed by atoms with Gasteiger partial charge in [-0.1, -0.05) is 56.3 Å². The largest absolute Gasteiger partial charge is 0.293 e. The lowest BCUT2D eigenvalue weighted by molar-refractivity contribution is 0.0807. The number of benzene rings is 2. The number of rotatable bonds is 2. The Labute approximate surface area is 150 Å². The highest BCUT2D eigenvalue weighted by Crippen LogP contribution is 2.41. The van der Waals surface area contributed by atoms with Crippen LogP contribution >= 0.6 is 0 Å². The third-order valence-corrected chi connectivity index (χ3v) is 7.36. The van der Waals surface area contributed by atoms with E-state index in [2.05, 4.69) is 43.0 Å². The molecule has 0 bridgehead atoms. The van der Waals surface area contributed by atoms with E-state index in [0.717, 1.165) is 13.1 Å². The SMILES string of the molecule is CC1(C)CN2CCN(S(=O)(=O)c3ccccc3)CC2c2ccccc21. The smallest absolute Gasteiger partial charge is 0.243 e. The molecule has 2 aliphatic rings. The Morgan fingerprint density at radius 1 is 0.960 bits per heavy atom. The Bertz CT molecular complexity index is 878. The molecule has 1 atom stereocenters. The fourth-order valence-corrected chi connectivity index (χ4v) is 5.70. The van der Waals surface area contributed by atoms with Gasteiger partial charge >= 0.3 is 0 Å². The van der Waals surface area contributed by atoms with Gasteiger partial charge in [-0.2, -0.15) is 4.31 Å². The van der Waals surface area contributed by atoms with E-state index in [1.165, 1.54) is 11.1 Å². The summed E-state index contributed by atoms with van der Waals surface area (Å²) in [7, 11) is -3.44. The lowest BCUT2D eigenvalue weighted by atomic mass is 9.75. The first-order chi connectivity index (χ1) is 11.9. The Morgan fingerprint density at radius 2 is 1.64 bits per heavy atom. The van der Waals surface area contributed by atoms with Crippen LogP contribution < -0.4 is 0 Å². The number of hydrogen-bond acceptors (Lipinski definition) is 3. The van der Waals surface area contributed by atoms with E-state index in [9.17, 15) is 8.42 Å². The zero-order chi connectivity index (χ0) is 17.7. The van der Waals surface area contributed by atoms with E-state index in [-0.39, 0.29) is 11.5 Å². The van der Waals surface area contributed by atoms with E-state index < -0.39 is 10.0 Å². The van der Waals surface area contributed by atoms with Crippen LogP contribution in [0, 0.1) is 0 Å². The molecule has 0 spiro atoms. The van der Waals surface area contributed by atoms with Gasteiger partial charge in [-0.25, -0.2) is 8.42 Å². The van der Waals surface area contributed by atoms with Gasteiger partial charge in [-0.15, -0.1) is 0 Å². The monoisotopic (exact) mass is 356 g/mol. The van der Waals surface area contributed by atoms with Crippen molar-refractivity contribution in [2.24, 2.45) is 0 Å². The molecule has 4 nitrogen and oxygen atoms in total. The molecule has 132 valence electrons. The first kappa shape index (κ1) is 16.8. The Morgan fingerprint density at radius 3 is 2.40 bits per heavy atom. The molecule has 2 aromatic carbocycles. The average Bonchev–Trinajstić information content (AvgIpc) is 2.62. The first-order valence-corrected chi connectivity index (χ1v) is 10.2. The van der Waals surface area contributed by atoms with Crippen LogP contribution in [-0.4, -0.2) is 43.8 Å². The summed E-state index contributed by atoms with van der Waals surface area (Å²) in [6.07, 6.45) is 0. The maximum absolute atomic E-state index is 13.0. The first-order valence-electron chi connectivity index (χ1n) is 8.78. The van der Waals surface area contributed by atoms with Crippen LogP contribution in [0.5, 0.6) is 0 Å². The summed E-state index contributed by atoms with van der Waals surface area (Å²) in [4.78, 5) is 2.83. The normalized spacial score (nSPS) is 23.7. The predicted molar refractivity (Wildman–Crippen MR) is 99.0 cm³/mol. The second-order valence-corrected chi connectivity index (χ2v) is 9.57. The van der Waals surface area contributed by atoms with Gasteiger partial charge in [0.2, 0.25) is 10.0 Å². The van der Waals surface area contributed by atoms with Crippen molar-refractivity contribution in [1.82, 2.24) is 9.21 Å². The molecule has 0 aliphatic carbocycles. The molecule has 1 unspecified atom stereocenters. The van der Waals surface area contributed by atoms with Gasteiger partial charge in [0.05, 0.1) is 4.90 Å². The predicted octanol–water partition coefficient (Wildman–Crippen LogP) is 3.03. The molecule has 2 aliphatic heterocycles. The van der Waals surface area contributed by atoms with E-state index in [1.807, 2.05) is 6.07 Å². The average molecular weight is 356 g/mol. The van der Waals surface area contributed by atoms with Gasteiger partial charge < -0.3 is 0 Å². The number of sulfonamides is 1. The minimum absolute atomic E-state index is 0.0908. The molecular weight excluding hydrogens is 332 g/mol. The van der Waals surface area contributed by atoms with Crippen LogP contribution in [0.25, 0.3) is 0 Å². The Balaban J connectivity index is 1.69. The number of nitrogens with zero attached hydrogens (tertiary/aromatic N) is 2. The highest BCUT2D eigenvalue weighted by Gasteiger charge is 2.42. The summed E-state index contributed by atoms with van der Waals surface area (Å²) in [6, 6.07) is 17.4. The molecule has 2 heterocycles. The van der Waals surface area contributed by atoms with Gasteiger partial charge in [-0.3, -0.25) is 4.90 Å². The van der Waals surface area contributed by atoms with E-state index in [0.29, 0.717) is 18.0 Å². The minimum atomic E-state index is -3.44. The molecule has 4 rings (SSSR count). The van der Waals surface area contributed by atoms with Crippen LogP contribution in [0.3, 0.4) is 0 Å². The fourth-order valence-electron chi connectivity index (χ4n) is 4.24. The zero-order valence-corrected chi connectivity index (χ0v) is 15.5. The second-order valence-electron chi connectivity index (χ2n) is 7.63. The standard InChI is InChI=1S/C20H24N2O2S/c1-20(2)15-21-12-13-22(25(23,24)16-8-4-3-5-9-16)14-19(21)17-10-6-7-11-18(17)20/h3-11,19H,12-15H2,1-2H3. The van der Waals surface area contributed by atoms with E-state index in [1.54, 1.807) is 28.6 Å². The molecule has 5 heteroatoms. The highest BCUT2D eigenvalue weighted by atomic mass is 32.2. The Hall–Kier alpha value is -1.69. The third kappa shape index (κ3) is 2.80. The molecule has 1 saturated heterocycles. The number of hydrogen-bond donors (Lipinski definition) is 0. The van der Waals surface area contributed by atoms with Crippen molar-refractivity contribution in [3.05, 3.63) is 65.7 Å². The van der Waals surface area contributed by atoms with Crippen molar-refractivity contribution < 1.29 is 8.42 Å². The molecule has 1 fully saturated rings. The molecule has 0 radical (unpaired) electrons. The summed E-state index contributed by atoms with van der Waals surface area (Å²) in [5.74, 6) is 0. The van der Waals surface area contributed by atoms with Crippen LogP contribution in [0.4, 0.5) is 0 Å². The summed E-state index contributed by atoms with van der Waals surface area (Å²) in [5, 5.41) is 0. The summed E-state index contributed by atoms with van der Waals surface area (Å²) >= 11 is 0. The van der Waals surface area contributed by atoms with Crippen LogP contribution in [-0.2, 0) is 15.4 Å². The molecule has 0 aromatic heterocycles. The quantitative estimate of drug-likeness (QED) is 0.830. The van der Waals surface area contributed by atoms with Crippen molar-refractivity contribution in [3.8, 4) is 0 Å². The van der Waals surface area contributed by atoms with E-state index in [4.69, 9.17) is 0 Å². The third-order valence-electron chi connectivity index (χ3n) is 5.48. The molecule has 0 saturated carbocycles. The second kappa shape index (κ2) is 5.94. The van der Waals surface area contributed by atoms with Crippen LogP contribution in [0.2, 0.25) is 0 Å². The van der Waals surface area contributed by atoms with Crippen molar-refractivity contribution >= 4 is 10.0 Å². The molecule has 25 heavy (non-hydrogen) atoms. The van der Waals surface area contributed by atoms with Gasteiger partial charge in [0.1, 0.15) is 0 Å². The van der Waals surface area contributed by atoms with Crippen molar-refractivity contribution in [1.29, 1.82) is 0 Å². The van der Waals surface area contributed by atoms with Crippen molar-refractivity contribution in [3.63, 3.8) is 0 Å². The van der Waals surface area contributed by atoms with Crippen LogP contribution in [0.1, 0.15) is 31.0 Å². The summed E-state index contributed by atoms with van der Waals surface area (Å²) in [6.45, 7) is 7.35. The maximum atomic E-state index is 13.0. The minimum Gasteiger partial charge on any atom is -0.293 e. The fraction of sp³-hybridized carbons (Fsp3) is 0.400. The lowest BCUT2D eigenvalue weighted by Gasteiger charge is -2.49. The molecule has 0 amide bonds. The van der Waals surface area contributed by atoms with Gasteiger partial charge in [-0.05, 0) is 23.3 Å². The van der Waals surface area contributed by atoms with Gasteiger partial charge in [0.25, 0.3) is 0 Å². The van der Waals surface area contributed by atoms with Crippen molar-refractivity contribution in [2.45, 2.75) is 30.2 Å². The van der Waals surface area contributed by atoms with E-state index >= 15 is 0 Å². The van der Waals surface area contributed by atoms with Gasteiger partial charge in [0.15, 0.2) is 0 Å². The number of piperazine rings is 1. The molecular formula is C20H24N2O2S. The maximum Gasteiger partial charge on any atom is 0.243 e. The summed E-state index contributed by atoms with van der Waals surface area (Å²) < 4.78 is 27.7. The summed E-state index contributed by atoms with van der Waals surface area (Å²) in [5.41, 5.74) is 2.70. The highest BCUT2D eigenvalue weighted by molar-refractivity contribution is 7.89. The number of fused-ring (bicyclic) bond motifs is 3. The Kier molecular flexibility index (Phi) is 3.98. The molecule has 2 aromatic rings. The molecule has 0 N–H and O–H groups in total. The van der Waals surface area contributed by atoms with Crippen LogP contribution in [0.15, 0.2) is 59.5 Å². The topological polar surface area (TPSA) is 40.6 Å². The van der Waals surface area contributed by atoms with Crippen molar-refractivity contribution in [2.75, 3.05) is 26.2 Å².